The van der Waals surface area contributed by atoms with Gasteiger partial charge in [-0.1, -0.05) is 25.1 Å². The largest absolute Gasteiger partial charge is 0.452 e. The van der Waals surface area contributed by atoms with Gasteiger partial charge >= 0.3 is 5.97 Å². The molecule has 1 atom stereocenters. The fraction of sp³-hybridized carbons (Fsp3) is 0.263. The van der Waals surface area contributed by atoms with Crippen molar-refractivity contribution in [2.75, 3.05) is 18.1 Å². The van der Waals surface area contributed by atoms with E-state index in [1.807, 2.05) is 24.3 Å². The van der Waals surface area contributed by atoms with E-state index in [9.17, 15) is 14.0 Å². The van der Waals surface area contributed by atoms with Gasteiger partial charge in [-0.15, -0.1) is 11.8 Å². The van der Waals surface area contributed by atoms with Crippen LogP contribution in [0.15, 0.2) is 53.4 Å². The molecular weight excluding hydrogens is 341 g/mol. The first-order chi connectivity index (χ1) is 12.0. The number of hydrogen-bond donors (Lipinski definition) is 0. The molecule has 1 heterocycles. The topological polar surface area (TPSA) is 46.6 Å². The molecule has 1 unspecified atom stereocenters. The van der Waals surface area contributed by atoms with E-state index in [0.717, 1.165) is 23.1 Å². The second kappa shape index (κ2) is 7.70. The van der Waals surface area contributed by atoms with Gasteiger partial charge < -0.3 is 9.64 Å². The highest BCUT2D eigenvalue weighted by Gasteiger charge is 2.25. The van der Waals surface area contributed by atoms with E-state index in [4.69, 9.17) is 4.74 Å². The average Bonchev–Trinajstić information content (AvgIpc) is 2.77. The van der Waals surface area contributed by atoms with Crippen LogP contribution >= 0.6 is 11.8 Å². The summed E-state index contributed by atoms with van der Waals surface area (Å²) in [5, 5.41) is 0.397. The number of thioether (sulfide) groups is 1. The molecule has 1 aliphatic heterocycles. The standard InChI is InChI=1S/C19H18FNO3S/c1-13-9-10-21(16-7-2-3-8-17(16)25-13)18(22)12-24-19(23)14-5-4-6-15(20)11-14/h2-8,11,13H,9-10,12H2,1H3. The van der Waals surface area contributed by atoms with Gasteiger partial charge in [0.1, 0.15) is 5.82 Å². The molecular formula is C19H18FNO3S. The van der Waals surface area contributed by atoms with Crippen LogP contribution in [0, 0.1) is 5.82 Å². The molecule has 25 heavy (non-hydrogen) atoms. The van der Waals surface area contributed by atoms with Gasteiger partial charge in [0, 0.05) is 16.7 Å². The number of carbonyl (C=O) groups is 2. The third-order valence-corrected chi connectivity index (χ3v) is 5.17. The van der Waals surface area contributed by atoms with Crippen LogP contribution in [-0.4, -0.2) is 30.3 Å². The van der Waals surface area contributed by atoms with Crippen LogP contribution in [0.25, 0.3) is 0 Å². The first kappa shape index (κ1) is 17.5. The lowest BCUT2D eigenvalue weighted by molar-refractivity contribution is -0.121. The quantitative estimate of drug-likeness (QED) is 0.780. The Morgan fingerprint density at radius 1 is 1.24 bits per heavy atom. The van der Waals surface area contributed by atoms with Gasteiger partial charge in [0.15, 0.2) is 6.61 Å². The van der Waals surface area contributed by atoms with Gasteiger partial charge in [-0.3, -0.25) is 4.79 Å². The van der Waals surface area contributed by atoms with Crippen molar-refractivity contribution in [2.45, 2.75) is 23.5 Å². The molecule has 0 aliphatic carbocycles. The zero-order valence-corrected chi connectivity index (χ0v) is 14.6. The van der Waals surface area contributed by atoms with Crippen molar-refractivity contribution in [1.29, 1.82) is 0 Å². The van der Waals surface area contributed by atoms with Crippen molar-refractivity contribution in [3.63, 3.8) is 0 Å². The van der Waals surface area contributed by atoms with Gasteiger partial charge in [-0.2, -0.15) is 0 Å². The molecule has 0 N–H and O–H groups in total. The molecule has 0 fully saturated rings. The van der Waals surface area contributed by atoms with Crippen molar-refractivity contribution in [2.24, 2.45) is 0 Å². The van der Waals surface area contributed by atoms with Crippen LogP contribution in [0.2, 0.25) is 0 Å². The Morgan fingerprint density at radius 2 is 2.04 bits per heavy atom. The predicted octanol–water partition coefficient (Wildman–Crippen LogP) is 3.90. The first-order valence-corrected chi connectivity index (χ1v) is 8.91. The summed E-state index contributed by atoms with van der Waals surface area (Å²) in [4.78, 5) is 27.3. The van der Waals surface area contributed by atoms with Crippen molar-refractivity contribution < 1.29 is 18.7 Å². The molecule has 6 heteroatoms. The van der Waals surface area contributed by atoms with Crippen LogP contribution in [0.5, 0.6) is 0 Å². The maximum atomic E-state index is 13.2. The number of amides is 1. The Balaban J connectivity index is 1.70. The van der Waals surface area contributed by atoms with Gasteiger partial charge in [0.2, 0.25) is 0 Å². The van der Waals surface area contributed by atoms with Crippen molar-refractivity contribution in [3.05, 3.63) is 59.9 Å². The van der Waals surface area contributed by atoms with Crippen LogP contribution in [0.4, 0.5) is 10.1 Å². The molecule has 0 aromatic heterocycles. The number of hydrogen-bond acceptors (Lipinski definition) is 4. The van der Waals surface area contributed by atoms with E-state index in [0.29, 0.717) is 11.8 Å². The van der Waals surface area contributed by atoms with Crippen LogP contribution in [0.1, 0.15) is 23.7 Å². The highest BCUT2D eigenvalue weighted by molar-refractivity contribution is 8.00. The van der Waals surface area contributed by atoms with E-state index in [1.165, 1.54) is 18.2 Å². The number of anilines is 1. The lowest BCUT2D eigenvalue weighted by atomic mass is 10.2. The zero-order valence-electron chi connectivity index (χ0n) is 13.8. The highest BCUT2D eigenvalue weighted by Crippen LogP contribution is 2.37. The molecule has 3 rings (SSSR count). The second-order valence-electron chi connectivity index (χ2n) is 5.82. The maximum Gasteiger partial charge on any atom is 0.338 e. The summed E-state index contributed by atoms with van der Waals surface area (Å²) in [6, 6.07) is 12.9. The van der Waals surface area contributed by atoms with Gasteiger partial charge in [-0.05, 0) is 36.8 Å². The monoisotopic (exact) mass is 359 g/mol. The lowest BCUT2D eigenvalue weighted by Gasteiger charge is -2.22. The summed E-state index contributed by atoms with van der Waals surface area (Å²) in [7, 11) is 0. The Hall–Kier alpha value is -2.34. The second-order valence-corrected chi connectivity index (χ2v) is 7.30. The first-order valence-electron chi connectivity index (χ1n) is 8.03. The number of carbonyl (C=O) groups excluding carboxylic acids is 2. The molecule has 130 valence electrons. The van der Waals surface area contributed by atoms with E-state index >= 15 is 0 Å². The number of para-hydroxylation sites is 1. The van der Waals surface area contributed by atoms with Crippen molar-refractivity contribution in [3.8, 4) is 0 Å². The van der Waals surface area contributed by atoms with Crippen LogP contribution in [-0.2, 0) is 9.53 Å². The summed E-state index contributed by atoms with van der Waals surface area (Å²) in [6.45, 7) is 2.32. The van der Waals surface area contributed by atoms with Gasteiger partial charge in [0.25, 0.3) is 5.91 Å². The fourth-order valence-corrected chi connectivity index (χ4v) is 3.76. The molecule has 0 saturated carbocycles. The minimum absolute atomic E-state index is 0.0910. The highest BCUT2D eigenvalue weighted by atomic mass is 32.2. The number of esters is 1. The smallest absolute Gasteiger partial charge is 0.338 e. The van der Waals surface area contributed by atoms with Gasteiger partial charge in [-0.25, -0.2) is 9.18 Å². The summed E-state index contributed by atoms with van der Waals surface area (Å²) < 4.78 is 18.3. The number of halogens is 1. The maximum absolute atomic E-state index is 13.2. The molecule has 4 nitrogen and oxygen atoms in total. The Morgan fingerprint density at radius 3 is 2.84 bits per heavy atom. The summed E-state index contributed by atoms with van der Waals surface area (Å²) in [6.07, 6.45) is 0.850. The third kappa shape index (κ3) is 4.20. The molecule has 1 amide bonds. The molecule has 0 spiro atoms. The van der Waals surface area contributed by atoms with E-state index in [2.05, 4.69) is 6.92 Å². The summed E-state index contributed by atoms with van der Waals surface area (Å²) in [5.41, 5.74) is 0.928. The van der Waals surface area contributed by atoms with Crippen LogP contribution in [0.3, 0.4) is 0 Å². The number of nitrogens with zero attached hydrogens (tertiary/aromatic N) is 1. The fourth-order valence-electron chi connectivity index (χ4n) is 2.65. The SMILES string of the molecule is CC1CCN(C(=O)COC(=O)c2cccc(F)c2)c2ccccc2S1. The Kier molecular flexibility index (Phi) is 5.38. The van der Waals surface area contributed by atoms with E-state index in [-0.39, 0.29) is 18.1 Å². The van der Waals surface area contributed by atoms with Crippen molar-refractivity contribution >= 4 is 29.3 Å². The molecule has 1 aliphatic rings. The molecule has 2 aromatic carbocycles. The molecule has 0 radical (unpaired) electrons. The molecule has 0 bridgehead atoms. The average molecular weight is 359 g/mol. The number of benzene rings is 2. The Bertz CT molecular complexity index is 796. The van der Waals surface area contributed by atoms with Gasteiger partial charge in [0.05, 0.1) is 11.3 Å². The minimum atomic E-state index is -0.710. The minimum Gasteiger partial charge on any atom is -0.452 e. The van der Waals surface area contributed by atoms with E-state index < -0.39 is 11.8 Å². The third-order valence-electron chi connectivity index (χ3n) is 3.93. The normalized spacial score (nSPS) is 16.7. The lowest BCUT2D eigenvalue weighted by Crippen LogP contribution is -2.35. The molecule has 2 aromatic rings. The zero-order chi connectivity index (χ0) is 17.8. The number of rotatable bonds is 3. The predicted molar refractivity (Wildman–Crippen MR) is 95.4 cm³/mol. The Labute approximate surface area is 150 Å². The number of fused-ring (bicyclic) bond motifs is 1. The van der Waals surface area contributed by atoms with Crippen molar-refractivity contribution in [1.82, 2.24) is 0 Å². The summed E-state index contributed by atoms with van der Waals surface area (Å²) in [5.74, 6) is -1.51. The van der Waals surface area contributed by atoms with Crippen LogP contribution < -0.4 is 4.90 Å². The summed E-state index contributed by atoms with van der Waals surface area (Å²) >= 11 is 1.73. The number of ether oxygens (including phenoxy) is 1. The molecule has 0 saturated heterocycles. The van der Waals surface area contributed by atoms with E-state index in [1.54, 1.807) is 16.7 Å².